The molecular formula is C13H18N2. The molecule has 2 heteroatoms. The van der Waals surface area contributed by atoms with Gasteiger partial charge in [-0.15, -0.1) is 0 Å². The van der Waals surface area contributed by atoms with Crippen LogP contribution in [0.5, 0.6) is 0 Å². The summed E-state index contributed by atoms with van der Waals surface area (Å²) in [4.78, 5) is 8.02. The molecule has 2 nitrogen and oxygen atoms in total. The summed E-state index contributed by atoms with van der Waals surface area (Å²) in [7, 11) is 0. The van der Waals surface area contributed by atoms with Crippen LogP contribution in [0.1, 0.15) is 39.1 Å². The topological polar surface area (TPSA) is 28.7 Å². The summed E-state index contributed by atoms with van der Waals surface area (Å²) in [5, 5.41) is 1.27. The van der Waals surface area contributed by atoms with Crippen LogP contribution in [-0.4, -0.2) is 9.97 Å². The third kappa shape index (κ3) is 1.76. The molecule has 0 atom stereocenters. The lowest BCUT2D eigenvalue weighted by atomic mass is 9.90. The molecule has 0 saturated carbocycles. The first-order valence-corrected chi connectivity index (χ1v) is 5.50. The zero-order valence-corrected chi connectivity index (χ0v) is 9.89. The van der Waals surface area contributed by atoms with Crippen LogP contribution in [-0.2, 0) is 11.8 Å². The molecule has 2 aromatic heterocycles. The van der Waals surface area contributed by atoms with E-state index in [0.29, 0.717) is 0 Å². The first kappa shape index (κ1) is 10.2. The van der Waals surface area contributed by atoms with Crippen LogP contribution < -0.4 is 0 Å². The summed E-state index contributed by atoms with van der Waals surface area (Å²) in [5.74, 6) is 0. The van der Waals surface area contributed by atoms with E-state index in [0.717, 1.165) is 6.42 Å². The Morgan fingerprint density at radius 1 is 1.33 bits per heavy atom. The van der Waals surface area contributed by atoms with Gasteiger partial charge in [-0.1, -0.05) is 27.7 Å². The van der Waals surface area contributed by atoms with Gasteiger partial charge in [0.25, 0.3) is 0 Å². The quantitative estimate of drug-likeness (QED) is 0.754. The first-order valence-electron chi connectivity index (χ1n) is 5.50. The van der Waals surface area contributed by atoms with Crippen molar-refractivity contribution < 1.29 is 0 Å². The Hall–Kier alpha value is -1.31. The standard InChI is InChI=1S/C13H18N2/c1-5-10-8-9-6-7-14-11(9)12(15-10)13(2,3)4/h6-8,14H,5H2,1-4H3. The van der Waals surface area contributed by atoms with Crippen molar-refractivity contribution in [1.29, 1.82) is 0 Å². The van der Waals surface area contributed by atoms with Gasteiger partial charge >= 0.3 is 0 Å². The maximum absolute atomic E-state index is 4.73. The van der Waals surface area contributed by atoms with Crippen LogP contribution in [0.25, 0.3) is 10.9 Å². The van der Waals surface area contributed by atoms with Crippen molar-refractivity contribution in [3.63, 3.8) is 0 Å². The van der Waals surface area contributed by atoms with E-state index >= 15 is 0 Å². The van der Waals surface area contributed by atoms with Crippen molar-refractivity contribution >= 4 is 10.9 Å². The summed E-state index contributed by atoms with van der Waals surface area (Å²) in [6.45, 7) is 8.76. The number of nitrogens with zero attached hydrogens (tertiary/aromatic N) is 1. The van der Waals surface area contributed by atoms with E-state index in [4.69, 9.17) is 4.98 Å². The lowest BCUT2D eigenvalue weighted by Crippen LogP contribution is -2.15. The second-order valence-electron chi connectivity index (χ2n) is 5.01. The molecule has 2 rings (SSSR count). The van der Waals surface area contributed by atoms with Gasteiger partial charge in [-0.2, -0.15) is 0 Å². The minimum atomic E-state index is 0.0916. The van der Waals surface area contributed by atoms with Crippen LogP contribution in [0.15, 0.2) is 18.3 Å². The fourth-order valence-corrected chi connectivity index (χ4v) is 1.84. The normalized spacial score (nSPS) is 12.3. The number of nitrogens with one attached hydrogen (secondary N) is 1. The van der Waals surface area contributed by atoms with Crippen LogP contribution in [0.3, 0.4) is 0 Å². The van der Waals surface area contributed by atoms with E-state index in [1.54, 1.807) is 0 Å². The highest BCUT2D eigenvalue weighted by molar-refractivity contribution is 5.82. The molecule has 0 saturated heterocycles. The molecule has 0 radical (unpaired) electrons. The molecule has 1 N–H and O–H groups in total. The average molecular weight is 202 g/mol. The summed E-state index contributed by atoms with van der Waals surface area (Å²) in [6, 6.07) is 4.28. The van der Waals surface area contributed by atoms with Gasteiger partial charge in [0.1, 0.15) is 0 Å². The largest absolute Gasteiger partial charge is 0.360 e. The molecule has 0 unspecified atom stereocenters. The van der Waals surface area contributed by atoms with Gasteiger partial charge < -0.3 is 4.98 Å². The maximum Gasteiger partial charge on any atom is 0.0700 e. The third-order valence-electron chi connectivity index (χ3n) is 2.67. The first-order chi connectivity index (χ1) is 7.02. The average Bonchev–Trinajstić information content (AvgIpc) is 2.61. The molecule has 0 aliphatic rings. The van der Waals surface area contributed by atoms with Crippen LogP contribution in [0.2, 0.25) is 0 Å². The highest BCUT2D eigenvalue weighted by Gasteiger charge is 2.19. The Bertz CT molecular complexity index is 475. The SMILES string of the molecule is CCc1cc2cc[nH]c2c(C(C)(C)C)n1. The summed E-state index contributed by atoms with van der Waals surface area (Å²) in [5.41, 5.74) is 3.61. The molecule has 0 fully saturated rings. The molecule has 0 aromatic carbocycles. The Labute approximate surface area is 90.7 Å². The van der Waals surface area contributed by atoms with E-state index in [2.05, 4.69) is 44.8 Å². The second-order valence-corrected chi connectivity index (χ2v) is 5.01. The van der Waals surface area contributed by atoms with E-state index in [-0.39, 0.29) is 5.41 Å². The third-order valence-corrected chi connectivity index (χ3v) is 2.67. The zero-order valence-electron chi connectivity index (χ0n) is 9.89. The molecule has 15 heavy (non-hydrogen) atoms. The number of pyridine rings is 1. The lowest BCUT2D eigenvalue weighted by Gasteiger charge is -2.19. The lowest BCUT2D eigenvalue weighted by molar-refractivity contribution is 0.571. The fourth-order valence-electron chi connectivity index (χ4n) is 1.84. The maximum atomic E-state index is 4.73. The van der Waals surface area contributed by atoms with Gasteiger partial charge in [0, 0.05) is 22.7 Å². The molecule has 0 bridgehead atoms. The number of aromatic nitrogens is 2. The van der Waals surface area contributed by atoms with Crippen molar-refractivity contribution in [3.05, 3.63) is 29.7 Å². The van der Waals surface area contributed by atoms with Crippen LogP contribution in [0, 0.1) is 0 Å². The number of fused-ring (bicyclic) bond motifs is 1. The van der Waals surface area contributed by atoms with Gasteiger partial charge in [-0.05, 0) is 18.6 Å². The minimum absolute atomic E-state index is 0.0916. The monoisotopic (exact) mass is 202 g/mol. The number of H-pyrrole nitrogens is 1. The predicted octanol–water partition coefficient (Wildman–Crippen LogP) is 3.42. The van der Waals surface area contributed by atoms with E-state index in [1.165, 1.54) is 22.3 Å². The minimum Gasteiger partial charge on any atom is -0.360 e. The molecular weight excluding hydrogens is 184 g/mol. The van der Waals surface area contributed by atoms with Crippen molar-refractivity contribution in [2.75, 3.05) is 0 Å². The van der Waals surface area contributed by atoms with Crippen molar-refractivity contribution in [2.45, 2.75) is 39.5 Å². The fraction of sp³-hybridized carbons (Fsp3) is 0.462. The molecule has 0 amide bonds. The Morgan fingerprint density at radius 3 is 2.67 bits per heavy atom. The van der Waals surface area contributed by atoms with Crippen molar-refractivity contribution in [1.82, 2.24) is 9.97 Å². The van der Waals surface area contributed by atoms with E-state index < -0.39 is 0 Å². The molecule has 80 valence electrons. The number of rotatable bonds is 1. The van der Waals surface area contributed by atoms with Crippen molar-refractivity contribution in [3.8, 4) is 0 Å². The molecule has 0 aliphatic heterocycles. The highest BCUT2D eigenvalue weighted by atomic mass is 14.8. The number of hydrogen-bond acceptors (Lipinski definition) is 1. The number of aromatic amines is 1. The zero-order chi connectivity index (χ0) is 11.1. The Kier molecular flexibility index (Phi) is 2.29. The van der Waals surface area contributed by atoms with Gasteiger partial charge in [0.05, 0.1) is 11.2 Å². The Morgan fingerprint density at radius 2 is 2.07 bits per heavy atom. The summed E-state index contributed by atoms with van der Waals surface area (Å²) < 4.78 is 0. The summed E-state index contributed by atoms with van der Waals surface area (Å²) >= 11 is 0. The summed E-state index contributed by atoms with van der Waals surface area (Å²) in [6.07, 6.45) is 2.98. The molecule has 2 heterocycles. The van der Waals surface area contributed by atoms with E-state index in [9.17, 15) is 0 Å². The van der Waals surface area contributed by atoms with Gasteiger partial charge in [-0.25, -0.2) is 0 Å². The smallest absolute Gasteiger partial charge is 0.0700 e. The highest BCUT2D eigenvalue weighted by Crippen LogP contribution is 2.27. The van der Waals surface area contributed by atoms with Crippen LogP contribution in [0.4, 0.5) is 0 Å². The Balaban J connectivity index is 2.74. The number of hydrogen-bond donors (Lipinski definition) is 1. The van der Waals surface area contributed by atoms with Gasteiger partial charge in [-0.3, -0.25) is 4.98 Å². The second kappa shape index (κ2) is 3.37. The predicted molar refractivity (Wildman–Crippen MR) is 64.2 cm³/mol. The van der Waals surface area contributed by atoms with Gasteiger partial charge in [0.2, 0.25) is 0 Å². The molecule has 0 aliphatic carbocycles. The van der Waals surface area contributed by atoms with Crippen molar-refractivity contribution in [2.24, 2.45) is 0 Å². The molecule has 0 spiro atoms. The number of aryl methyl sites for hydroxylation is 1. The van der Waals surface area contributed by atoms with E-state index in [1.807, 2.05) is 6.20 Å². The molecule has 2 aromatic rings. The van der Waals surface area contributed by atoms with Crippen LogP contribution >= 0.6 is 0 Å². The van der Waals surface area contributed by atoms with Gasteiger partial charge in [0.15, 0.2) is 0 Å².